The monoisotopic (exact) mass is 417 g/mol. The summed E-state index contributed by atoms with van der Waals surface area (Å²) in [7, 11) is -3.70. The van der Waals surface area contributed by atoms with Crippen molar-refractivity contribution in [1.82, 2.24) is 4.72 Å². The number of benzene rings is 2. The maximum atomic E-state index is 12.9. The third kappa shape index (κ3) is 6.39. The standard InChI is InChI=1S/C21H24FN3O3S/c22-17-8-5-16(6-9-17)7-14-21(26)24-18-10-12-19(13-11-18)29(27,28)25-20-4-2-1-3-15-23-20/h5-6,8-13H,1-4,7,14-15H2,(H,23,25)(H,24,26). The molecule has 0 saturated carbocycles. The summed E-state index contributed by atoms with van der Waals surface area (Å²) in [5.74, 6) is -0.00890. The van der Waals surface area contributed by atoms with E-state index in [1.807, 2.05) is 0 Å². The molecule has 0 saturated heterocycles. The smallest absolute Gasteiger partial charge is 0.262 e. The van der Waals surface area contributed by atoms with Crippen molar-refractivity contribution in [2.75, 3.05) is 11.9 Å². The van der Waals surface area contributed by atoms with Gasteiger partial charge in [-0.3, -0.25) is 14.5 Å². The van der Waals surface area contributed by atoms with Crippen molar-refractivity contribution in [1.29, 1.82) is 0 Å². The zero-order valence-corrected chi connectivity index (χ0v) is 16.8. The number of hydrogen-bond acceptors (Lipinski definition) is 4. The molecule has 2 aromatic rings. The predicted molar refractivity (Wildman–Crippen MR) is 111 cm³/mol. The molecule has 0 fully saturated rings. The number of nitrogens with one attached hydrogen (secondary N) is 2. The highest BCUT2D eigenvalue weighted by Crippen LogP contribution is 2.16. The maximum absolute atomic E-state index is 12.9. The van der Waals surface area contributed by atoms with Gasteiger partial charge in [0.25, 0.3) is 10.0 Å². The molecular weight excluding hydrogens is 393 g/mol. The lowest BCUT2D eigenvalue weighted by atomic mass is 10.1. The van der Waals surface area contributed by atoms with Crippen molar-refractivity contribution in [2.24, 2.45) is 4.99 Å². The molecule has 1 aliphatic heterocycles. The summed E-state index contributed by atoms with van der Waals surface area (Å²) in [5, 5.41) is 2.74. The lowest BCUT2D eigenvalue weighted by Crippen LogP contribution is -2.30. The Labute approximate surface area is 170 Å². The van der Waals surface area contributed by atoms with E-state index in [9.17, 15) is 17.6 Å². The minimum Gasteiger partial charge on any atom is -0.326 e. The van der Waals surface area contributed by atoms with Crippen molar-refractivity contribution >= 4 is 27.5 Å². The number of hydrogen-bond donors (Lipinski definition) is 2. The first-order valence-electron chi connectivity index (χ1n) is 9.63. The van der Waals surface area contributed by atoms with Crippen molar-refractivity contribution in [3.05, 3.63) is 59.9 Å². The van der Waals surface area contributed by atoms with Crippen LogP contribution in [-0.2, 0) is 21.2 Å². The van der Waals surface area contributed by atoms with Gasteiger partial charge >= 0.3 is 0 Å². The van der Waals surface area contributed by atoms with Crippen molar-refractivity contribution in [2.45, 2.75) is 43.4 Å². The molecule has 0 spiro atoms. The van der Waals surface area contributed by atoms with E-state index < -0.39 is 10.0 Å². The first-order chi connectivity index (χ1) is 13.9. The summed E-state index contributed by atoms with van der Waals surface area (Å²) >= 11 is 0. The van der Waals surface area contributed by atoms with Crippen LogP contribution in [0.15, 0.2) is 58.4 Å². The van der Waals surface area contributed by atoms with Gasteiger partial charge in [0.1, 0.15) is 11.7 Å². The average molecular weight is 418 g/mol. The van der Waals surface area contributed by atoms with E-state index in [1.165, 1.54) is 24.3 Å². The fourth-order valence-corrected chi connectivity index (χ4v) is 4.11. The molecule has 2 N–H and O–H groups in total. The second-order valence-electron chi connectivity index (χ2n) is 6.94. The van der Waals surface area contributed by atoms with E-state index in [4.69, 9.17) is 0 Å². The molecule has 0 atom stereocenters. The number of rotatable bonds is 6. The van der Waals surface area contributed by atoms with Gasteiger partial charge < -0.3 is 5.32 Å². The fourth-order valence-electron chi connectivity index (χ4n) is 3.02. The van der Waals surface area contributed by atoms with Crippen LogP contribution in [0.25, 0.3) is 0 Å². The molecule has 0 aliphatic carbocycles. The van der Waals surface area contributed by atoms with Crippen LogP contribution in [0.5, 0.6) is 0 Å². The van der Waals surface area contributed by atoms with Gasteiger partial charge in [-0.2, -0.15) is 0 Å². The molecular formula is C21H24FN3O3S. The second kappa shape index (κ2) is 9.65. The molecule has 1 aliphatic rings. The van der Waals surface area contributed by atoms with E-state index in [1.54, 1.807) is 24.3 Å². The molecule has 3 rings (SSSR count). The van der Waals surface area contributed by atoms with Gasteiger partial charge in [-0.1, -0.05) is 18.6 Å². The number of aryl methyl sites for hydroxylation is 1. The molecule has 154 valence electrons. The van der Waals surface area contributed by atoms with Crippen molar-refractivity contribution in [3.63, 3.8) is 0 Å². The Morgan fingerprint density at radius 3 is 2.45 bits per heavy atom. The lowest BCUT2D eigenvalue weighted by Gasteiger charge is -2.11. The van der Waals surface area contributed by atoms with Crippen LogP contribution in [-0.4, -0.2) is 26.7 Å². The summed E-state index contributed by atoms with van der Waals surface area (Å²) in [4.78, 5) is 16.5. The largest absolute Gasteiger partial charge is 0.326 e. The fraction of sp³-hybridized carbons (Fsp3) is 0.333. The third-order valence-electron chi connectivity index (χ3n) is 4.63. The van der Waals surface area contributed by atoms with Crippen LogP contribution in [0.4, 0.5) is 10.1 Å². The van der Waals surface area contributed by atoms with Crippen LogP contribution >= 0.6 is 0 Å². The van der Waals surface area contributed by atoms with Crippen molar-refractivity contribution < 1.29 is 17.6 Å². The number of nitrogens with zero attached hydrogens (tertiary/aromatic N) is 1. The van der Waals surface area contributed by atoms with E-state index in [-0.39, 0.29) is 23.0 Å². The van der Waals surface area contributed by atoms with Gasteiger partial charge in [0.15, 0.2) is 0 Å². The number of carbonyl (C=O) groups is 1. The van der Waals surface area contributed by atoms with Gasteiger partial charge in [-0.05, 0) is 61.2 Å². The van der Waals surface area contributed by atoms with Crippen LogP contribution < -0.4 is 10.0 Å². The van der Waals surface area contributed by atoms with E-state index in [0.29, 0.717) is 30.9 Å². The molecule has 0 radical (unpaired) electrons. The van der Waals surface area contributed by atoms with E-state index in [0.717, 1.165) is 24.8 Å². The predicted octanol–water partition coefficient (Wildman–Crippen LogP) is 3.65. The quantitative estimate of drug-likeness (QED) is 0.752. The molecule has 2 aromatic carbocycles. The molecule has 0 unspecified atom stereocenters. The molecule has 1 amide bonds. The Kier molecular flexibility index (Phi) is 6.98. The van der Waals surface area contributed by atoms with Crippen molar-refractivity contribution in [3.8, 4) is 0 Å². The summed E-state index contributed by atoms with van der Waals surface area (Å²) in [6.45, 7) is 0.640. The zero-order valence-electron chi connectivity index (χ0n) is 16.0. The van der Waals surface area contributed by atoms with Gasteiger partial charge in [0.05, 0.1) is 4.90 Å². The van der Waals surface area contributed by atoms with Crippen LogP contribution in [0.3, 0.4) is 0 Å². The van der Waals surface area contributed by atoms with E-state index >= 15 is 0 Å². The van der Waals surface area contributed by atoms with Gasteiger partial charge in [0.2, 0.25) is 5.91 Å². The zero-order chi connectivity index (χ0) is 20.7. The third-order valence-corrected chi connectivity index (χ3v) is 6.03. The molecule has 6 nitrogen and oxygen atoms in total. The summed E-state index contributed by atoms with van der Waals surface area (Å²) in [6, 6.07) is 12.0. The van der Waals surface area contributed by atoms with Crippen LogP contribution in [0, 0.1) is 5.82 Å². The number of carbonyl (C=O) groups excluding carboxylic acids is 1. The summed E-state index contributed by atoms with van der Waals surface area (Å²) < 4.78 is 40.5. The number of amidine groups is 1. The van der Waals surface area contributed by atoms with Gasteiger partial charge in [-0.15, -0.1) is 0 Å². The number of anilines is 1. The molecule has 0 bridgehead atoms. The summed E-state index contributed by atoms with van der Waals surface area (Å²) in [6.07, 6.45) is 4.30. The first-order valence-corrected chi connectivity index (χ1v) is 11.1. The number of amides is 1. The highest BCUT2D eigenvalue weighted by atomic mass is 32.2. The average Bonchev–Trinajstić information content (AvgIpc) is 2.96. The Hall–Kier alpha value is -2.74. The highest BCUT2D eigenvalue weighted by molar-refractivity contribution is 7.90. The molecule has 1 heterocycles. The van der Waals surface area contributed by atoms with E-state index in [2.05, 4.69) is 15.0 Å². The van der Waals surface area contributed by atoms with Crippen LogP contribution in [0.2, 0.25) is 0 Å². The Bertz CT molecular complexity index is 971. The van der Waals surface area contributed by atoms with Crippen LogP contribution in [0.1, 0.15) is 37.7 Å². The minimum absolute atomic E-state index is 0.119. The Balaban J connectivity index is 1.55. The topological polar surface area (TPSA) is 87.6 Å². The highest BCUT2D eigenvalue weighted by Gasteiger charge is 2.17. The van der Waals surface area contributed by atoms with Gasteiger partial charge in [-0.25, -0.2) is 12.8 Å². The molecule has 0 aromatic heterocycles. The number of aliphatic imine (C=N–C) groups is 1. The first kappa shape index (κ1) is 21.0. The second-order valence-corrected chi connectivity index (χ2v) is 8.63. The summed E-state index contributed by atoms with van der Waals surface area (Å²) in [5.41, 5.74) is 1.38. The SMILES string of the molecule is O=C(CCc1ccc(F)cc1)Nc1ccc(S(=O)(=O)NC2=NCCCCC2)cc1. The normalized spacial score (nSPS) is 14.6. The number of halogens is 1. The minimum atomic E-state index is -3.70. The molecule has 29 heavy (non-hydrogen) atoms. The maximum Gasteiger partial charge on any atom is 0.262 e. The Morgan fingerprint density at radius 1 is 1.00 bits per heavy atom. The Morgan fingerprint density at radius 2 is 1.72 bits per heavy atom. The number of sulfonamides is 1. The lowest BCUT2D eigenvalue weighted by molar-refractivity contribution is -0.116. The molecule has 8 heteroatoms. The van der Waals surface area contributed by atoms with Gasteiger partial charge in [0, 0.05) is 25.1 Å².